The molecule has 0 aromatic carbocycles. The minimum atomic E-state index is -0.890. The molecule has 2 aromatic heterocycles. The van der Waals surface area contributed by atoms with Gasteiger partial charge >= 0.3 is 5.97 Å². The van der Waals surface area contributed by atoms with Crippen LogP contribution in [0.3, 0.4) is 0 Å². The van der Waals surface area contributed by atoms with Crippen molar-refractivity contribution in [3.8, 4) is 0 Å². The number of hydrogen-bond acceptors (Lipinski definition) is 3. The summed E-state index contributed by atoms with van der Waals surface area (Å²) in [6.45, 7) is 2.08. The first-order chi connectivity index (χ1) is 8.08. The van der Waals surface area contributed by atoms with E-state index in [1.54, 1.807) is 17.4 Å². The summed E-state index contributed by atoms with van der Waals surface area (Å²) in [6, 6.07) is 3.85. The Kier molecular flexibility index (Phi) is 3.86. The quantitative estimate of drug-likeness (QED) is 0.912. The van der Waals surface area contributed by atoms with Crippen LogP contribution in [0.4, 0.5) is 0 Å². The fourth-order valence-electron chi connectivity index (χ4n) is 1.70. The van der Waals surface area contributed by atoms with E-state index in [-0.39, 0.29) is 0 Å². The molecule has 5 heteroatoms. The van der Waals surface area contributed by atoms with E-state index in [0.29, 0.717) is 9.21 Å². The van der Waals surface area contributed by atoms with Gasteiger partial charge in [0.25, 0.3) is 0 Å². The lowest BCUT2D eigenvalue weighted by Crippen LogP contribution is -1.99. The Morgan fingerprint density at radius 2 is 2.12 bits per heavy atom. The first kappa shape index (κ1) is 12.6. The second-order valence-electron chi connectivity index (χ2n) is 3.71. The molecule has 2 nitrogen and oxygen atoms in total. The van der Waals surface area contributed by atoms with Crippen LogP contribution in [0, 0.1) is 6.92 Å². The summed E-state index contributed by atoms with van der Waals surface area (Å²) in [4.78, 5) is 12.7. The molecule has 17 heavy (non-hydrogen) atoms. The second-order valence-corrected chi connectivity index (χ2v) is 6.52. The van der Waals surface area contributed by atoms with E-state index in [1.807, 2.05) is 0 Å². The Bertz CT molecular complexity index is 542. The van der Waals surface area contributed by atoms with E-state index >= 15 is 0 Å². The molecule has 0 bridgehead atoms. The Morgan fingerprint density at radius 3 is 2.71 bits per heavy atom. The molecule has 2 heterocycles. The van der Waals surface area contributed by atoms with E-state index in [4.69, 9.17) is 16.7 Å². The zero-order valence-electron chi connectivity index (χ0n) is 9.20. The van der Waals surface area contributed by atoms with Crippen molar-refractivity contribution in [2.75, 3.05) is 0 Å². The summed E-state index contributed by atoms with van der Waals surface area (Å²) in [7, 11) is 0. The molecular formula is C12H11ClO2S2. The average molecular weight is 287 g/mol. The fourth-order valence-corrected chi connectivity index (χ4v) is 3.60. The Morgan fingerprint density at radius 1 is 1.41 bits per heavy atom. The van der Waals surface area contributed by atoms with Gasteiger partial charge < -0.3 is 5.11 Å². The zero-order valence-corrected chi connectivity index (χ0v) is 11.6. The Labute approximate surface area is 112 Å². The molecule has 0 unspecified atom stereocenters. The summed E-state index contributed by atoms with van der Waals surface area (Å²) < 4.78 is 0.541. The summed E-state index contributed by atoms with van der Waals surface area (Å²) in [5.41, 5.74) is 2.12. The topological polar surface area (TPSA) is 37.3 Å². The zero-order chi connectivity index (χ0) is 12.4. The van der Waals surface area contributed by atoms with Gasteiger partial charge in [-0.15, -0.1) is 22.7 Å². The molecule has 2 aromatic rings. The lowest BCUT2D eigenvalue weighted by Gasteiger charge is -2.00. The fraction of sp³-hybridized carbons (Fsp3) is 0.250. The Hall–Kier alpha value is -0.840. The third-order valence-electron chi connectivity index (χ3n) is 2.60. The molecule has 0 amide bonds. The highest BCUT2D eigenvalue weighted by molar-refractivity contribution is 7.18. The van der Waals surface area contributed by atoms with Crippen LogP contribution in [0.25, 0.3) is 0 Å². The number of carboxylic acids is 1. The van der Waals surface area contributed by atoms with E-state index in [1.165, 1.54) is 10.4 Å². The minimum Gasteiger partial charge on any atom is -0.477 e. The molecular weight excluding hydrogens is 276 g/mol. The molecule has 0 fully saturated rings. The van der Waals surface area contributed by atoms with E-state index in [0.717, 1.165) is 29.7 Å². The van der Waals surface area contributed by atoms with Crippen LogP contribution in [0.1, 0.15) is 25.7 Å². The number of aryl methyl sites for hydroxylation is 3. The summed E-state index contributed by atoms with van der Waals surface area (Å²) >= 11 is 8.71. The number of hydrogen-bond donors (Lipinski definition) is 1. The molecule has 0 spiro atoms. The third-order valence-corrected chi connectivity index (χ3v) is 4.79. The van der Waals surface area contributed by atoms with Gasteiger partial charge in [-0.05, 0) is 48.4 Å². The van der Waals surface area contributed by atoms with Crippen molar-refractivity contribution < 1.29 is 9.90 Å². The van der Waals surface area contributed by atoms with Crippen molar-refractivity contribution >= 4 is 40.2 Å². The van der Waals surface area contributed by atoms with Gasteiger partial charge in [0, 0.05) is 4.88 Å². The van der Waals surface area contributed by atoms with Gasteiger partial charge in [0.2, 0.25) is 0 Å². The van der Waals surface area contributed by atoms with Crippen LogP contribution >= 0.6 is 34.3 Å². The van der Waals surface area contributed by atoms with E-state index in [9.17, 15) is 4.79 Å². The van der Waals surface area contributed by atoms with E-state index in [2.05, 4.69) is 18.4 Å². The van der Waals surface area contributed by atoms with Crippen molar-refractivity contribution in [3.05, 3.63) is 42.7 Å². The summed E-state index contributed by atoms with van der Waals surface area (Å²) in [5.74, 6) is -0.890. The van der Waals surface area contributed by atoms with Gasteiger partial charge in [-0.3, -0.25) is 0 Å². The van der Waals surface area contributed by atoms with Crippen LogP contribution in [-0.2, 0) is 12.8 Å². The molecule has 0 aliphatic carbocycles. The molecule has 0 saturated heterocycles. The highest BCUT2D eigenvalue weighted by atomic mass is 35.5. The largest absolute Gasteiger partial charge is 0.477 e. The lowest BCUT2D eigenvalue weighted by atomic mass is 10.1. The number of aromatic carboxylic acids is 1. The van der Waals surface area contributed by atoms with Crippen molar-refractivity contribution in [2.24, 2.45) is 0 Å². The number of thiophene rings is 2. The van der Waals surface area contributed by atoms with Crippen LogP contribution < -0.4 is 0 Å². The Balaban J connectivity index is 2.14. The number of halogens is 1. The van der Waals surface area contributed by atoms with Crippen molar-refractivity contribution in [2.45, 2.75) is 19.8 Å². The number of rotatable bonds is 4. The van der Waals surface area contributed by atoms with Gasteiger partial charge in [0.15, 0.2) is 0 Å². The maximum Gasteiger partial charge on any atom is 0.346 e. The normalized spacial score (nSPS) is 10.7. The standard InChI is InChI=1S/C12H11ClO2S2/c1-7-8(4-5-16-7)2-3-9-6-10(13)17-11(9)12(14)15/h4-6H,2-3H2,1H3,(H,14,15). The maximum absolute atomic E-state index is 11.0. The second kappa shape index (κ2) is 5.21. The average Bonchev–Trinajstić information content (AvgIpc) is 2.82. The number of carboxylic acid groups (broad SMARTS) is 1. The highest BCUT2D eigenvalue weighted by Crippen LogP contribution is 2.28. The van der Waals surface area contributed by atoms with Crippen molar-refractivity contribution in [3.63, 3.8) is 0 Å². The van der Waals surface area contributed by atoms with E-state index < -0.39 is 5.97 Å². The highest BCUT2D eigenvalue weighted by Gasteiger charge is 2.14. The molecule has 0 radical (unpaired) electrons. The summed E-state index contributed by atoms with van der Waals surface area (Å²) in [5, 5.41) is 11.1. The van der Waals surface area contributed by atoms with Crippen LogP contribution in [-0.4, -0.2) is 11.1 Å². The molecule has 0 saturated carbocycles. The van der Waals surface area contributed by atoms with Crippen LogP contribution in [0.5, 0.6) is 0 Å². The molecule has 0 aliphatic heterocycles. The maximum atomic E-state index is 11.0. The van der Waals surface area contributed by atoms with Gasteiger partial charge in [-0.25, -0.2) is 4.79 Å². The lowest BCUT2D eigenvalue weighted by molar-refractivity contribution is 0.0701. The first-order valence-electron chi connectivity index (χ1n) is 5.12. The molecule has 0 atom stereocenters. The SMILES string of the molecule is Cc1sccc1CCc1cc(Cl)sc1C(=O)O. The minimum absolute atomic E-state index is 0.364. The third kappa shape index (κ3) is 2.89. The molecule has 0 aliphatic rings. The molecule has 2 rings (SSSR count). The predicted octanol–water partition coefficient (Wildman–Crippen LogP) is 4.25. The van der Waals surface area contributed by atoms with Crippen molar-refractivity contribution in [1.29, 1.82) is 0 Å². The molecule has 1 N–H and O–H groups in total. The number of carbonyl (C=O) groups is 1. The van der Waals surface area contributed by atoms with Gasteiger partial charge in [0.05, 0.1) is 4.34 Å². The molecule has 90 valence electrons. The van der Waals surface area contributed by atoms with Gasteiger partial charge in [-0.1, -0.05) is 11.6 Å². The summed E-state index contributed by atoms with van der Waals surface area (Å²) in [6.07, 6.45) is 1.59. The van der Waals surface area contributed by atoms with Gasteiger partial charge in [0.1, 0.15) is 4.88 Å². The smallest absolute Gasteiger partial charge is 0.346 e. The monoisotopic (exact) mass is 286 g/mol. The van der Waals surface area contributed by atoms with Crippen LogP contribution in [0.2, 0.25) is 4.34 Å². The van der Waals surface area contributed by atoms with Gasteiger partial charge in [-0.2, -0.15) is 0 Å². The van der Waals surface area contributed by atoms with Crippen LogP contribution in [0.15, 0.2) is 17.5 Å². The first-order valence-corrected chi connectivity index (χ1v) is 7.20. The predicted molar refractivity (Wildman–Crippen MR) is 72.8 cm³/mol. The van der Waals surface area contributed by atoms with Crippen molar-refractivity contribution in [1.82, 2.24) is 0 Å².